The van der Waals surface area contributed by atoms with Crippen molar-refractivity contribution < 1.29 is 5.11 Å². The molecule has 2 atom stereocenters. The maximum atomic E-state index is 9.15. The van der Waals surface area contributed by atoms with Gasteiger partial charge in [-0.05, 0) is 24.9 Å². The molecule has 1 aromatic rings. The number of aliphatic hydroxyl groups excluding tert-OH is 1. The topological polar surface area (TPSA) is 72.0 Å². The number of nitrogens with zero attached hydrogens (tertiary/aromatic N) is 2. The fraction of sp³-hybridized carbons (Fsp3) is 0.750. The molecule has 1 rings (SSSR count). The summed E-state index contributed by atoms with van der Waals surface area (Å²) in [5.41, 5.74) is 5.86. The molecule has 0 aromatic carbocycles. The predicted octanol–water partition coefficient (Wildman–Crippen LogP) is 1.04. The lowest BCUT2D eigenvalue weighted by molar-refractivity contribution is 0.281. The number of thioether (sulfide) groups is 1. The molecule has 4 nitrogen and oxygen atoms in total. The SMILES string of the molecule is CCC(N)C(CO)Sc1nc(C)ns1. The van der Waals surface area contributed by atoms with Crippen molar-refractivity contribution in [2.24, 2.45) is 5.73 Å². The van der Waals surface area contributed by atoms with Crippen LogP contribution in [0.4, 0.5) is 0 Å². The number of aliphatic hydroxyl groups is 1. The Labute approximate surface area is 92.1 Å². The molecule has 2 unspecified atom stereocenters. The second kappa shape index (κ2) is 5.65. The van der Waals surface area contributed by atoms with E-state index in [4.69, 9.17) is 10.8 Å². The summed E-state index contributed by atoms with van der Waals surface area (Å²) >= 11 is 2.87. The van der Waals surface area contributed by atoms with Crippen molar-refractivity contribution in [3.05, 3.63) is 5.82 Å². The molecule has 0 radical (unpaired) electrons. The van der Waals surface area contributed by atoms with Gasteiger partial charge in [0.15, 0.2) is 4.34 Å². The molecule has 0 spiro atoms. The van der Waals surface area contributed by atoms with Gasteiger partial charge in [-0.15, -0.1) is 0 Å². The number of aryl methyl sites for hydroxylation is 1. The maximum absolute atomic E-state index is 9.15. The summed E-state index contributed by atoms with van der Waals surface area (Å²) in [7, 11) is 0. The van der Waals surface area contributed by atoms with Crippen LogP contribution in [0.3, 0.4) is 0 Å². The highest BCUT2D eigenvalue weighted by Gasteiger charge is 2.18. The zero-order chi connectivity index (χ0) is 10.6. The number of hydrogen-bond donors (Lipinski definition) is 2. The first kappa shape index (κ1) is 11.9. The average molecular weight is 233 g/mol. The Balaban J connectivity index is 2.56. The van der Waals surface area contributed by atoms with Crippen LogP contribution in [0.25, 0.3) is 0 Å². The number of nitrogens with two attached hydrogens (primary N) is 1. The minimum Gasteiger partial charge on any atom is -0.395 e. The van der Waals surface area contributed by atoms with E-state index in [-0.39, 0.29) is 17.9 Å². The van der Waals surface area contributed by atoms with Gasteiger partial charge >= 0.3 is 0 Å². The Morgan fingerprint density at radius 2 is 2.36 bits per heavy atom. The zero-order valence-electron chi connectivity index (χ0n) is 8.30. The van der Waals surface area contributed by atoms with Gasteiger partial charge in [-0.25, -0.2) is 4.98 Å². The first-order valence-electron chi connectivity index (χ1n) is 4.50. The van der Waals surface area contributed by atoms with Crippen LogP contribution in [0.15, 0.2) is 4.34 Å². The number of aromatic nitrogens is 2. The Hall–Kier alpha value is -0.170. The molecular weight excluding hydrogens is 218 g/mol. The quantitative estimate of drug-likeness (QED) is 0.743. The van der Waals surface area contributed by atoms with Crippen LogP contribution in [0, 0.1) is 6.92 Å². The molecule has 0 aliphatic heterocycles. The van der Waals surface area contributed by atoms with E-state index in [1.54, 1.807) is 0 Å². The van der Waals surface area contributed by atoms with Crippen LogP contribution in [-0.2, 0) is 0 Å². The van der Waals surface area contributed by atoms with Crippen LogP contribution in [-0.4, -0.2) is 32.4 Å². The molecule has 0 aliphatic carbocycles. The minimum atomic E-state index is 0.00852. The highest BCUT2D eigenvalue weighted by atomic mass is 32.2. The highest BCUT2D eigenvalue weighted by molar-refractivity contribution is 8.01. The Morgan fingerprint density at radius 3 is 2.79 bits per heavy atom. The lowest BCUT2D eigenvalue weighted by Crippen LogP contribution is -2.34. The Morgan fingerprint density at radius 1 is 1.64 bits per heavy atom. The summed E-state index contributed by atoms with van der Waals surface area (Å²) in [6.07, 6.45) is 0.857. The van der Waals surface area contributed by atoms with Crippen molar-refractivity contribution in [3.8, 4) is 0 Å². The fourth-order valence-electron chi connectivity index (χ4n) is 0.978. The monoisotopic (exact) mass is 233 g/mol. The van der Waals surface area contributed by atoms with Crippen molar-refractivity contribution in [2.45, 2.75) is 35.9 Å². The maximum Gasteiger partial charge on any atom is 0.170 e. The largest absolute Gasteiger partial charge is 0.395 e. The second-order valence-electron chi connectivity index (χ2n) is 3.02. The third-order valence-corrected chi connectivity index (χ3v) is 4.10. The van der Waals surface area contributed by atoms with Crippen molar-refractivity contribution >= 4 is 23.3 Å². The molecule has 1 aromatic heterocycles. The normalized spacial score (nSPS) is 15.4. The van der Waals surface area contributed by atoms with E-state index in [2.05, 4.69) is 9.36 Å². The standard InChI is InChI=1S/C8H15N3OS2/c1-3-6(9)7(4-12)13-8-10-5(2)11-14-8/h6-7,12H,3-4,9H2,1-2H3. The lowest BCUT2D eigenvalue weighted by Gasteiger charge is -2.18. The molecule has 6 heteroatoms. The van der Waals surface area contributed by atoms with Crippen LogP contribution in [0.2, 0.25) is 0 Å². The van der Waals surface area contributed by atoms with Gasteiger partial charge in [0, 0.05) is 6.04 Å². The molecule has 0 aliphatic rings. The van der Waals surface area contributed by atoms with Gasteiger partial charge in [0.25, 0.3) is 0 Å². The number of rotatable bonds is 5. The third kappa shape index (κ3) is 3.20. The van der Waals surface area contributed by atoms with Crippen molar-refractivity contribution in [2.75, 3.05) is 6.61 Å². The van der Waals surface area contributed by atoms with Crippen LogP contribution < -0.4 is 5.73 Å². The summed E-state index contributed by atoms with van der Waals surface area (Å²) < 4.78 is 4.96. The Bertz CT molecular complexity index is 279. The lowest BCUT2D eigenvalue weighted by atomic mass is 10.2. The van der Waals surface area contributed by atoms with E-state index >= 15 is 0 Å². The van der Waals surface area contributed by atoms with E-state index in [1.807, 2.05) is 13.8 Å². The summed E-state index contributed by atoms with van der Waals surface area (Å²) in [4.78, 5) is 4.22. The molecule has 0 saturated carbocycles. The van der Waals surface area contributed by atoms with Crippen LogP contribution in [0.5, 0.6) is 0 Å². The number of hydrogen-bond acceptors (Lipinski definition) is 6. The van der Waals surface area contributed by atoms with Gasteiger partial charge in [-0.1, -0.05) is 18.7 Å². The van der Waals surface area contributed by atoms with Gasteiger partial charge in [-0.3, -0.25) is 0 Å². The summed E-state index contributed by atoms with van der Waals surface area (Å²) in [6, 6.07) is 0.00852. The zero-order valence-corrected chi connectivity index (χ0v) is 9.94. The predicted molar refractivity (Wildman–Crippen MR) is 59.6 cm³/mol. The van der Waals surface area contributed by atoms with Gasteiger partial charge in [0.2, 0.25) is 0 Å². The highest BCUT2D eigenvalue weighted by Crippen LogP contribution is 2.26. The average Bonchev–Trinajstić information content (AvgIpc) is 2.59. The van der Waals surface area contributed by atoms with Crippen LogP contribution >= 0.6 is 23.3 Å². The molecule has 0 bridgehead atoms. The molecule has 0 saturated heterocycles. The van der Waals surface area contributed by atoms with Crippen molar-refractivity contribution in [1.29, 1.82) is 0 Å². The molecule has 0 amide bonds. The summed E-state index contributed by atoms with van der Waals surface area (Å²) in [5, 5.41) is 9.17. The van der Waals surface area contributed by atoms with E-state index in [0.29, 0.717) is 0 Å². The first-order valence-corrected chi connectivity index (χ1v) is 6.16. The molecule has 3 N–H and O–H groups in total. The summed E-state index contributed by atoms with van der Waals surface area (Å²) in [5.74, 6) is 0.777. The van der Waals surface area contributed by atoms with E-state index in [9.17, 15) is 0 Å². The fourth-order valence-corrected chi connectivity index (χ4v) is 2.94. The first-order chi connectivity index (χ1) is 6.67. The van der Waals surface area contributed by atoms with Crippen LogP contribution in [0.1, 0.15) is 19.2 Å². The van der Waals surface area contributed by atoms with Gasteiger partial charge in [0.1, 0.15) is 5.82 Å². The van der Waals surface area contributed by atoms with Gasteiger partial charge in [-0.2, -0.15) is 4.37 Å². The molecule has 0 fully saturated rings. The Kier molecular flexibility index (Phi) is 4.80. The summed E-state index contributed by atoms with van der Waals surface area (Å²) in [6.45, 7) is 3.95. The smallest absolute Gasteiger partial charge is 0.170 e. The van der Waals surface area contributed by atoms with Crippen molar-refractivity contribution in [3.63, 3.8) is 0 Å². The molecule has 1 heterocycles. The van der Waals surface area contributed by atoms with E-state index < -0.39 is 0 Å². The molecular formula is C8H15N3OS2. The van der Waals surface area contributed by atoms with E-state index in [1.165, 1.54) is 23.3 Å². The third-order valence-electron chi connectivity index (χ3n) is 1.89. The van der Waals surface area contributed by atoms with Crippen molar-refractivity contribution in [1.82, 2.24) is 9.36 Å². The van der Waals surface area contributed by atoms with E-state index in [0.717, 1.165) is 16.6 Å². The van der Waals surface area contributed by atoms with Gasteiger partial charge in [0.05, 0.1) is 11.9 Å². The second-order valence-corrected chi connectivity index (χ2v) is 5.26. The van der Waals surface area contributed by atoms with Gasteiger partial charge < -0.3 is 10.8 Å². The minimum absolute atomic E-state index is 0.00852. The molecule has 80 valence electrons. The molecule has 14 heavy (non-hydrogen) atoms.